The molecule has 5 nitrogen and oxygen atoms in total. The van der Waals surface area contributed by atoms with Gasteiger partial charge in [-0.05, 0) is 52.6 Å². The number of aromatic nitrogens is 4. The summed E-state index contributed by atoms with van der Waals surface area (Å²) in [4.78, 5) is 14.8. The average Bonchev–Trinajstić information content (AvgIpc) is 3.83. The van der Waals surface area contributed by atoms with Gasteiger partial charge in [0.15, 0.2) is 23.1 Å². The van der Waals surface area contributed by atoms with E-state index in [9.17, 15) is 0 Å². The first-order valence-electron chi connectivity index (χ1n) is 18.8. The highest BCUT2D eigenvalue weighted by Crippen LogP contribution is 2.43. The van der Waals surface area contributed by atoms with Crippen LogP contribution in [0.3, 0.4) is 0 Å². The lowest BCUT2D eigenvalue weighted by Crippen LogP contribution is -2.00. The van der Waals surface area contributed by atoms with Gasteiger partial charge in [0.05, 0.1) is 16.7 Å². The number of hydrogen-bond donors (Lipinski definition) is 0. The summed E-state index contributed by atoms with van der Waals surface area (Å²) < 4.78 is 9.32. The molecule has 0 unspecified atom stereocenters. The van der Waals surface area contributed by atoms with Gasteiger partial charge >= 0.3 is 0 Å². The molecule has 0 spiro atoms. The maximum absolute atomic E-state index is 6.99. The lowest BCUT2D eigenvalue weighted by atomic mass is 9.94. The summed E-state index contributed by atoms with van der Waals surface area (Å²) in [5, 5.41) is 4.57. The van der Waals surface area contributed by atoms with Crippen molar-refractivity contribution in [1.29, 1.82) is 0 Å². The van der Waals surface area contributed by atoms with Crippen LogP contribution in [-0.2, 0) is 0 Å². The molecule has 0 saturated carbocycles. The van der Waals surface area contributed by atoms with E-state index in [0.717, 1.165) is 77.6 Å². The number of para-hydroxylation sites is 3. The number of benzene rings is 8. The molecule has 11 aromatic rings. The van der Waals surface area contributed by atoms with Crippen LogP contribution in [0.4, 0.5) is 0 Å². The van der Waals surface area contributed by atoms with Gasteiger partial charge in [-0.2, -0.15) is 0 Å². The Kier molecular flexibility index (Phi) is 7.42. The third-order valence-corrected chi connectivity index (χ3v) is 10.7. The molecule has 0 fully saturated rings. The SMILES string of the molecule is c1ccc(-c2cc(-c3ccc(-c4nc(-c5ccccc5)nc(-c5ccccc5)n4)cc3)c3c(c2)oc2c(-n4c5ccccc5c5ccccc54)cccc23)cc1. The molecule has 5 heteroatoms. The molecular weight excluding hydrogens is 685 g/mol. The van der Waals surface area contributed by atoms with E-state index in [1.54, 1.807) is 0 Å². The maximum atomic E-state index is 6.99. The van der Waals surface area contributed by atoms with Crippen molar-refractivity contribution in [1.82, 2.24) is 19.5 Å². The average molecular weight is 717 g/mol. The number of nitrogens with zero attached hydrogens (tertiary/aromatic N) is 4. The van der Waals surface area contributed by atoms with Crippen LogP contribution in [0, 0.1) is 0 Å². The van der Waals surface area contributed by atoms with Gasteiger partial charge in [-0.15, -0.1) is 0 Å². The van der Waals surface area contributed by atoms with E-state index in [4.69, 9.17) is 19.4 Å². The molecule has 0 radical (unpaired) electrons. The van der Waals surface area contributed by atoms with E-state index < -0.39 is 0 Å². The predicted octanol–water partition coefficient (Wildman–Crippen LogP) is 13.2. The molecule has 262 valence electrons. The molecular formula is C51H32N4O. The Hall–Kier alpha value is -7.63. The summed E-state index contributed by atoms with van der Waals surface area (Å²) in [5.41, 5.74) is 12.2. The smallest absolute Gasteiger partial charge is 0.164 e. The van der Waals surface area contributed by atoms with E-state index in [1.165, 1.54) is 10.8 Å². The second-order valence-electron chi connectivity index (χ2n) is 14.0. The van der Waals surface area contributed by atoms with E-state index in [-0.39, 0.29) is 0 Å². The summed E-state index contributed by atoms with van der Waals surface area (Å²) in [6, 6.07) is 67.4. The van der Waals surface area contributed by atoms with E-state index >= 15 is 0 Å². The minimum atomic E-state index is 0.622. The molecule has 56 heavy (non-hydrogen) atoms. The van der Waals surface area contributed by atoms with Gasteiger partial charge in [-0.25, -0.2) is 15.0 Å². The van der Waals surface area contributed by atoms with Gasteiger partial charge in [-0.1, -0.05) is 164 Å². The standard InChI is InChI=1S/C51H32N4O/c1-4-15-33(16-5-1)38-31-42(34-27-29-37(30-28-34)51-53-49(35-17-6-2-7-18-35)52-50(54-51)36-19-8-3-9-20-36)47-41-23-14-26-45(48(41)56-46(47)32-38)55-43-24-12-10-21-39(43)40-22-11-13-25-44(40)55/h1-32H. The van der Waals surface area contributed by atoms with Crippen molar-refractivity contribution in [3.05, 3.63) is 194 Å². The van der Waals surface area contributed by atoms with Crippen LogP contribution in [0.1, 0.15) is 0 Å². The Balaban J connectivity index is 1.10. The normalized spacial score (nSPS) is 11.6. The van der Waals surface area contributed by atoms with Crippen LogP contribution in [0.2, 0.25) is 0 Å². The molecule has 0 atom stereocenters. The van der Waals surface area contributed by atoms with Gasteiger partial charge in [0, 0.05) is 38.2 Å². The minimum Gasteiger partial charge on any atom is -0.454 e. The highest BCUT2D eigenvalue weighted by molar-refractivity contribution is 6.17. The lowest BCUT2D eigenvalue weighted by Gasteiger charge is -2.11. The van der Waals surface area contributed by atoms with Crippen LogP contribution < -0.4 is 0 Å². The molecule has 0 amide bonds. The first kappa shape index (κ1) is 31.9. The summed E-state index contributed by atoms with van der Waals surface area (Å²) in [6.07, 6.45) is 0. The molecule has 0 aliphatic carbocycles. The number of fused-ring (bicyclic) bond motifs is 6. The lowest BCUT2D eigenvalue weighted by molar-refractivity contribution is 0.666. The second kappa shape index (κ2) is 13.0. The highest BCUT2D eigenvalue weighted by Gasteiger charge is 2.21. The van der Waals surface area contributed by atoms with Crippen molar-refractivity contribution in [3.63, 3.8) is 0 Å². The van der Waals surface area contributed by atoms with Crippen LogP contribution in [0.25, 0.3) is 106 Å². The number of rotatable bonds is 6. The van der Waals surface area contributed by atoms with Gasteiger partial charge in [-0.3, -0.25) is 0 Å². The fraction of sp³-hybridized carbons (Fsp3) is 0. The third kappa shape index (κ3) is 5.29. The van der Waals surface area contributed by atoms with Gasteiger partial charge in [0.25, 0.3) is 0 Å². The summed E-state index contributed by atoms with van der Waals surface area (Å²) in [5.74, 6) is 1.90. The zero-order chi connectivity index (χ0) is 37.0. The van der Waals surface area contributed by atoms with Crippen LogP contribution in [0.5, 0.6) is 0 Å². The Bertz CT molecular complexity index is 3110. The second-order valence-corrected chi connectivity index (χ2v) is 14.0. The Morgan fingerprint density at radius 3 is 1.39 bits per heavy atom. The fourth-order valence-corrected chi connectivity index (χ4v) is 8.03. The van der Waals surface area contributed by atoms with Crippen molar-refractivity contribution < 1.29 is 4.42 Å². The minimum absolute atomic E-state index is 0.622. The quantitative estimate of drug-likeness (QED) is 0.172. The molecule has 3 heterocycles. The van der Waals surface area contributed by atoms with Gasteiger partial charge in [0.2, 0.25) is 0 Å². The molecule has 0 bridgehead atoms. The van der Waals surface area contributed by atoms with Crippen molar-refractivity contribution >= 4 is 43.7 Å². The monoisotopic (exact) mass is 716 g/mol. The van der Waals surface area contributed by atoms with Crippen molar-refractivity contribution in [2.75, 3.05) is 0 Å². The third-order valence-electron chi connectivity index (χ3n) is 10.7. The number of hydrogen-bond acceptors (Lipinski definition) is 4. The van der Waals surface area contributed by atoms with Crippen molar-refractivity contribution in [2.24, 2.45) is 0 Å². The molecule has 3 aromatic heterocycles. The molecule has 0 aliphatic heterocycles. The topological polar surface area (TPSA) is 56.7 Å². The zero-order valence-corrected chi connectivity index (χ0v) is 30.2. The highest BCUT2D eigenvalue weighted by atomic mass is 16.3. The Labute approximate surface area is 322 Å². The van der Waals surface area contributed by atoms with Crippen LogP contribution >= 0.6 is 0 Å². The largest absolute Gasteiger partial charge is 0.454 e. The van der Waals surface area contributed by atoms with Crippen LogP contribution in [-0.4, -0.2) is 19.5 Å². The number of furan rings is 1. The van der Waals surface area contributed by atoms with Gasteiger partial charge < -0.3 is 8.98 Å². The Morgan fingerprint density at radius 2 is 0.821 bits per heavy atom. The van der Waals surface area contributed by atoms with Gasteiger partial charge in [0.1, 0.15) is 5.58 Å². The maximum Gasteiger partial charge on any atom is 0.164 e. The molecule has 0 N–H and O–H groups in total. The summed E-state index contributed by atoms with van der Waals surface area (Å²) >= 11 is 0. The zero-order valence-electron chi connectivity index (χ0n) is 30.2. The van der Waals surface area contributed by atoms with Crippen molar-refractivity contribution in [3.8, 4) is 62.1 Å². The molecule has 8 aromatic carbocycles. The van der Waals surface area contributed by atoms with Crippen LogP contribution in [0.15, 0.2) is 199 Å². The van der Waals surface area contributed by atoms with E-state index in [0.29, 0.717) is 17.5 Å². The predicted molar refractivity (Wildman–Crippen MR) is 229 cm³/mol. The summed E-state index contributed by atoms with van der Waals surface area (Å²) in [6.45, 7) is 0. The van der Waals surface area contributed by atoms with E-state index in [2.05, 4.69) is 138 Å². The Morgan fingerprint density at radius 1 is 0.357 bits per heavy atom. The fourth-order valence-electron chi connectivity index (χ4n) is 8.03. The molecule has 0 saturated heterocycles. The first-order chi connectivity index (χ1) is 27.8. The summed E-state index contributed by atoms with van der Waals surface area (Å²) in [7, 11) is 0. The molecule has 0 aliphatic rings. The molecule has 11 rings (SSSR count). The van der Waals surface area contributed by atoms with Crippen molar-refractivity contribution in [2.45, 2.75) is 0 Å². The van der Waals surface area contributed by atoms with E-state index in [1.807, 2.05) is 60.7 Å². The first-order valence-corrected chi connectivity index (χ1v) is 18.8.